The highest BCUT2D eigenvalue weighted by atomic mass is 16.5. The van der Waals surface area contributed by atoms with E-state index in [4.69, 9.17) is 4.74 Å². The Hall–Kier alpha value is -1.84. The van der Waals surface area contributed by atoms with Crippen molar-refractivity contribution in [2.75, 3.05) is 20.2 Å². The molecule has 0 amide bonds. The molecule has 0 aromatic heterocycles. The van der Waals surface area contributed by atoms with Crippen molar-refractivity contribution in [2.45, 2.75) is 12.8 Å². The number of rotatable bonds is 2. The summed E-state index contributed by atoms with van der Waals surface area (Å²) in [5.41, 5.74) is 1.84. The lowest BCUT2D eigenvalue weighted by molar-refractivity contribution is 0.0938. The van der Waals surface area contributed by atoms with Gasteiger partial charge >= 0.3 is 0 Å². The number of amidine groups is 1. The molecule has 0 saturated heterocycles. The Morgan fingerprint density at radius 2 is 2.33 bits per heavy atom. The third-order valence-corrected chi connectivity index (χ3v) is 3.65. The average Bonchev–Trinajstić information content (AvgIpc) is 2.92. The number of methoxy groups -OCH3 is 1. The molecule has 0 bridgehead atoms. The zero-order chi connectivity index (χ0) is 12.5. The van der Waals surface area contributed by atoms with Gasteiger partial charge in [0.15, 0.2) is 5.78 Å². The molecule has 18 heavy (non-hydrogen) atoms. The monoisotopic (exact) mass is 244 g/mol. The molecule has 94 valence electrons. The van der Waals surface area contributed by atoms with E-state index in [9.17, 15) is 4.79 Å². The minimum atomic E-state index is -0.0906. The van der Waals surface area contributed by atoms with Gasteiger partial charge in [0, 0.05) is 17.7 Å². The zero-order valence-electron chi connectivity index (χ0n) is 10.4. The van der Waals surface area contributed by atoms with Crippen LogP contribution in [-0.4, -0.2) is 31.8 Å². The normalized spacial score (nSPS) is 22.2. The summed E-state index contributed by atoms with van der Waals surface area (Å²) in [7, 11) is 1.65. The van der Waals surface area contributed by atoms with E-state index in [-0.39, 0.29) is 11.7 Å². The minimum Gasteiger partial charge on any atom is -0.496 e. The van der Waals surface area contributed by atoms with Gasteiger partial charge in [-0.15, -0.1) is 0 Å². The molecule has 0 saturated carbocycles. The van der Waals surface area contributed by atoms with Gasteiger partial charge in [-0.1, -0.05) is 12.1 Å². The summed E-state index contributed by atoms with van der Waals surface area (Å²) in [6.07, 6.45) is 1.69. The lowest BCUT2D eigenvalue weighted by Crippen LogP contribution is -2.35. The lowest BCUT2D eigenvalue weighted by atomic mass is 9.81. The number of nitrogens with zero attached hydrogens (tertiary/aromatic N) is 1. The van der Waals surface area contributed by atoms with E-state index >= 15 is 0 Å². The van der Waals surface area contributed by atoms with Gasteiger partial charge in [-0.25, -0.2) is 0 Å². The zero-order valence-corrected chi connectivity index (χ0v) is 10.4. The van der Waals surface area contributed by atoms with Crippen molar-refractivity contribution < 1.29 is 9.53 Å². The Labute approximate surface area is 106 Å². The lowest BCUT2D eigenvalue weighted by Gasteiger charge is -2.24. The highest BCUT2D eigenvalue weighted by Gasteiger charge is 2.33. The Bertz CT molecular complexity index is 523. The molecule has 1 unspecified atom stereocenters. The quantitative estimate of drug-likeness (QED) is 0.856. The van der Waals surface area contributed by atoms with Gasteiger partial charge in [0.25, 0.3) is 0 Å². The second kappa shape index (κ2) is 4.44. The summed E-state index contributed by atoms with van der Waals surface area (Å²) in [6.45, 7) is 1.63. The predicted octanol–water partition coefficient (Wildman–Crippen LogP) is 1.44. The number of hydrogen-bond acceptors (Lipinski definition) is 4. The maximum atomic E-state index is 12.5. The number of carbonyl (C=O) groups excluding carboxylic acids is 1. The molecule has 1 heterocycles. The number of ether oxygens (including phenoxy) is 1. The standard InChI is InChI=1S/C14H16N2O2/c1-18-12-4-2-3-10-9(12)5-6-11(13(10)17)14-15-7-8-16-14/h2-4,11H,5-8H2,1H3,(H,15,16). The van der Waals surface area contributed by atoms with E-state index in [1.807, 2.05) is 18.2 Å². The second-order valence-electron chi connectivity index (χ2n) is 4.64. The van der Waals surface area contributed by atoms with Crippen LogP contribution in [0.4, 0.5) is 0 Å². The summed E-state index contributed by atoms with van der Waals surface area (Å²) in [5.74, 6) is 1.77. The van der Waals surface area contributed by atoms with Crippen LogP contribution in [0, 0.1) is 5.92 Å². The first kappa shape index (κ1) is 11.3. The summed E-state index contributed by atoms with van der Waals surface area (Å²) >= 11 is 0. The number of nitrogens with one attached hydrogen (secondary N) is 1. The SMILES string of the molecule is COc1cccc2c1CCC(C1=NCCN1)C2=O. The van der Waals surface area contributed by atoms with Crippen molar-refractivity contribution in [3.05, 3.63) is 29.3 Å². The van der Waals surface area contributed by atoms with Crippen LogP contribution in [0.1, 0.15) is 22.3 Å². The molecule has 4 nitrogen and oxygen atoms in total. The number of Topliss-reactive ketones (excluding diaryl/α,β-unsaturated/α-hetero) is 1. The molecule has 1 N–H and O–H groups in total. The first-order valence-electron chi connectivity index (χ1n) is 6.29. The number of hydrogen-bond donors (Lipinski definition) is 1. The Kier molecular flexibility index (Phi) is 2.78. The predicted molar refractivity (Wildman–Crippen MR) is 69.4 cm³/mol. The van der Waals surface area contributed by atoms with Crippen molar-refractivity contribution in [1.29, 1.82) is 0 Å². The Balaban J connectivity index is 1.97. The van der Waals surface area contributed by atoms with Crippen LogP contribution < -0.4 is 10.1 Å². The maximum Gasteiger partial charge on any atom is 0.173 e. The number of benzene rings is 1. The molecule has 1 atom stereocenters. The van der Waals surface area contributed by atoms with Crippen LogP contribution in [0.2, 0.25) is 0 Å². The second-order valence-corrected chi connectivity index (χ2v) is 4.64. The van der Waals surface area contributed by atoms with Crippen LogP contribution in [0.3, 0.4) is 0 Å². The van der Waals surface area contributed by atoms with E-state index in [0.717, 1.165) is 48.6 Å². The Morgan fingerprint density at radius 3 is 3.06 bits per heavy atom. The van der Waals surface area contributed by atoms with Crippen LogP contribution in [-0.2, 0) is 6.42 Å². The van der Waals surface area contributed by atoms with Gasteiger partial charge in [-0.05, 0) is 18.9 Å². The molecular formula is C14H16N2O2. The number of fused-ring (bicyclic) bond motifs is 1. The molecule has 1 aromatic rings. The van der Waals surface area contributed by atoms with Gasteiger partial charge in [0.1, 0.15) is 11.6 Å². The van der Waals surface area contributed by atoms with Gasteiger partial charge in [-0.3, -0.25) is 9.79 Å². The minimum absolute atomic E-state index is 0.0906. The first-order valence-corrected chi connectivity index (χ1v) is 6.29. The summed E-state index contributed by atoms with van der Waals surface area (Å²) < 4.78 is 5.32. The van der Waals surface area contributed by atoms with Crippen molar-refractivity contribution in [1.82, 2.24) is 5.32 Å². The van der Waals surface area contributed by atoms with Crippen LogP contribution in [0.5, 0.6) is 5.75 Å². The van der Waals surface area contributed by atoms with Gasteiger partial charge in [-0.2, -0.15) is 0 Å². The fourth-order valence-corrected chi connectivity index (χ4v) is 2.76. The van der Waals surface area contributed by atoms with Gasteiger partial charge in [0.05, 0.1) is 19.6 Å². The molecule has 1 aliphatic heterocycles. The summed E-state index contributed by atoms with van der Waals surface area (Å²) in [6, 6.07) is 5.68. The molecule has 2 aliphatic rings. The van der Waals surface area contributed by atoms with Gasteiger partial charge in [0.2, 0.25) is 0 Å². The smallest absolute Gasteiger partial charge is 0.173 e. The third kappa shape index (κ3) is 1.68. The molecule has 0 fully saturated rings. The number of ketones is 1. The molecule has 0 spiro atoms. The van der Waals surface area contributed by atoms with Crippen LogP contribution >= 0.6 is 0 Å². The van der Waals surface area contributed by atoms with Crippen molar-refractivity contribution >= 4 is 11.6 Å². The van der Waals surface area contributed by atoms with E-state index < -0.39 is 0 Å². The maximum absolute atomic E-state index is 12.5. The highest BCUT2D eigenvalue weighted by Crippen LogP contribution is 2.32. The molecule has 3 rings (SSSR count). The molecule has 1 aromatic carbocycles. The van der Waals surface area contributed by atoms with E-state index in [2.05, 4.69) is 10.3 Å². The fraction of sp³-hybridized carbons (Fsp3) is 0.429. The first-order chi connectivity index (χ1) is 8.81. The summed E-state index contributed by atoms with van der Waals surface area (Å²) in [4.78, 5) is 16.9. The highest BCUT2D eigenvalue weighted by molar-refractivity contribution is 6.13. The van der Waals surface area contributed by atoms with Crippen molar-refractivity contribution in [3.8, 4) is 5.75 Å². The largest absolute Gasteiger partial charge is 0.496 e. The summed E-state index contributed by atoms with van der Waals surface area (Å²) in [5, 5.41) is 3.21. The Morgan fingerprint density at radius 1 is 1.44 bits per heavy atom. The van der Waals surface area contributed by atoms with Gasteiger partial charge < -0.3 is 10.1 Å². The van der Waals surface area contributed by atoms with Crippen LogP contribution in [0.25, 0.3) is 0 Å². The molecule has 4 heteroatoms. The molecule has 0 radical (unpaired) electrons. The third-order valence-electron chi connectivity index (χ3n) is 3.65. The van der Waals surface area contributed by atoms with Crippen molar-refractivity contribution in [2.24, 2.45) is 10.9 Å². The average molecular weight is 244 g/mol. The van der Waals surface area contributed by atoms with E-state index in [1.54, 1.807) is 7.11 Å². The molecular weight excluding hydrogens is 228 g/mol. The topological polar surface area (TPSA) is 50.7 Å². The number of carbonyl (C=O) groups is 1. The number of aliphatic imine (C=N–C) groups is 1. The van der Waals surface area contributed by atoms with E-state index in [1.165, 1.54) is 0 Å². The fourth-order valence-electron chi connectivity index (χ4n) is 2.76. The molecule has 1 aliphatic carbocycles. The van der Waals surface area contributed by atoms with Crippen LogP contribution in [0.15, 0.2) is 23.2 Å². The van der Waals surface area contributed by atoms with E-state index in [0.29, 0.717) is 0 Å². The van der Waals surface area contributed by atoms with Crippen molar-refractivity contribution in [3.63, 3.8) is 0 Å².